The molecule has 0 aliphatic carbocycles. The van der Waals surface area contributed by atoms with Crippen molar-refractivity contribution >= 4 is 11.0 Å². The lowest BCUT2D eigenvalue weighted by Crippen LogP contribution is -2.17. The minimum Gasteiger partial charge on any atom is -0.507 e. The molecule has 0 saturated heterocycles. The maximum atomic E-state index is 12.6. The third kappa shape index (κ3) is 8.23. The molecule has 0 aliphatic heterocycles. The number of rotatable bonds is 7. The van der Waals surface area contributed by atoms with Gasteiger partial charge in [-0.05, 0) is 117 Å². The predicted molar refractivity (Wildman–Crippen MR) is 263 cm³/mol. The second-order valence-electron chi connectivity index (χ2n) is 19.9. The summed E-state index contributed by atoms with van der Waals surface area (Å²) in [6, 6.07) is 32.6. The smallest absolute Gasteiger partial charge is 0.149 e. The van der Waals surface area contributed by atoms with Crippen LogP contribution in [0.25, 0.3) is 72.7 Å². The van der Waals surface area contributed by atoms with Crippen LogP contribution in [0.5, 0.6) is 5.75 Å². The Bertz CT molecular complexity index is 3270. The van der Waals surface area contributed by atoms with E-state index in [1.165, 1.54) is 5.56 Å². The van der Waals surface area contributed by atoms with Gasteiger partial charge in [-0.2, -0.15) is 0 Å². The Labute approximate surface area is 377 Å². The molecular formula is C58H61N3O. The number of fused-ring (bicyclic) bond motifs is 1. The molecule has 1 N–H and O–H groups in total. The summed E-state index contributed by atoms with van der Waals surface area (Å²) in [7, 11) is 0. The van der Waals surface area contributed by atoms with Crippen molar-refractivity contribution in [3.05, 3.63) is 167 Å². The molecule has 0 spiro atoms. The van der Waals surface area contributed by atoms with Gasteiger partial charge in [-0.3, -0.25) is 9.55 Å². The average molecular weight is 822 g/mol. The molecule has 6 aromatic carbocycles. The van der Waals surface area contributed by atoms with Crippen LogP contribution in [0.15, 0.2) is 140 Å². The first-order chi connectivity index (χ1) is 31.6. The molecule has 8 aromatic rings. The van der Waals surface area contributed by atoms with Crippen LogP contribution in [0, 0.1) is 6.92 Å². The summed E-state index contributed by atoms with van der Waals surface area (Å²) in [6.07, 6.45) is 1.86. The Morgan fingerprint density at radius 3 is 1.97 bits per heavy atom. The van der Waals surface area contributed by atoms with Gasteiger partial charge in [0.1, 0.15) is 11.6 Å². The maximum absolute atomic E-state index is 12.6. The monoisotopic (exact) mass is 822 g/mol. The summed E-state index contributed by atoms with van der Waals surface area (Å²) >= 11 is 0. The minimum atomic E-state index is -1.10. The number of phenolic OH excluding ortho intramolecular Hbond substituents is 1. The van der Waals surface area contributed by atoms with Crippen molar-refractivity contribution in [2.24, 2.45) is 0 Å². The Morgan fingerprint density at radius 2 is 1.29 bits per heavy atom. The van der Waals surface area contributed by atoms with E-state index in [1.54, 1.807) is 19.9 Å². The Morgan fingerprint density at radius 1 is 0.613 bits per heavy atom. The first-order valence-electron chi connectivity index (χ1n) is 24.5. The first kappa shape index (κ1) is 35.3. The van der Waals surface area contributed by atoms with Crippen LogP contribution in [0.4, 0.5) is 0 Å². The zero-order chi connectivity index (χ0) is 49.6. The highest BCUT2D eigenvalue weighted by molar-refractivity contribution is 5.98. The number of benzene rings is 6. The lowest BCUT2D eigenvalue weighted by atomic mass is 9.79. The summed E-state index contributed by atoms with van der Waals surface area (Å²) in [5.41, 5.74) is 11.9. The fourth-order valence-corrected chi connectivity index (χ4v) is 8.15. The van der Waals surface area contributed by atoms with Gasteiger partial charge >= 0.3 is 0 Å². The Balaban J connectivity index is 1.51. The standard InChI is InChI=1S/C58H61N3O/c1-36(2)39-24-25-51(47(32-39)38-19-14-13-15-20-38)61-52-23-17-22-46(53(52)60-55(61)48-34-45(57(7,8)9)35-49(54(48)62)58(10,11)12)42-29-43(31-44(30-42)56(4,5)6)50-33-41(26-27-59-50)40-21-16-18-37(3)28-40/h13-36,62H,1-12H3/i13D,14D,15D,19D,20D,36D. The summed E-state index contributed by atoms with van der Waals surface area (Å²) in [5, 5.41) is 12.6. The third-order valence-electron chi connectivity index (χ3n) is 11.8. The van der Waals surface area contributed by atoms with Gasteiger partial charge < -0.3 is 5.11 Å². The average Bonchev–Trinajstić information content (AvgIpc) is 3.65. The Hall–Kier alpha value is -6.26. The SMILES string of the molecule is [2H]c1c([2H])c([2H])c(-c2cc(C([2H])(C)C)ccc2-n2c(-c3cc(C(C)(C)C)cc(C(C)(C)C)c3O)nc3c(-c4cc(-c5cc(-c6cccc(C)c6)ccn5)cc(C(C)(C)C)c4)cccc32)c([2H])c1[2H]. The second kappa shape index (κ2) is 15.9. The number of imidazole rings is 1. The number of phenols is 1. The zero-order valence-electron chi connectivity index (χ0n) is 44.2. The number of hydrogen-bond donors (Lipinski definition) is 1. The van der Waals surface area contributed by atoms with Crippen molar-refractivity contribution in [1.29, 1.82) is 0 Å². The van der Waals surface area contributed by atoms with Crippen LogP contribution < -0.4 is 0 Å². The van der Waals surface area contributed by atoms with Crippen molar-refractivity contribution < 1.29 is 13.3 Å². The van der Waals surface area contributed by atoms with Crippen molar-refractivity contribution in [2.75, 3.05) is 0 Å². The molecule has 0 bridgehead atoms. The van der Waals surface area contributed by atoms with E-state index in [9.17, 15) is 7.85 Å². The third-order valence-corrected chi connectivity index (χ3v) is 11.8. The maximum Gasteiger partial charge on any atom is 0.149 e. The van der Waals surface area contributed by atoms with Crippen molar-refractivity contribution in [3.63, 3.8) is 0 Å². The van der Waals surface area contributed by atoms with Gasteiger partial charge in [-0.25, -0.2) is 4.98 Å². The molecule has 0 aliphatic rings. The lowest BCUT2D eigenvalue weighted by molar-refractivity contribution is 0.446. The van der Waals surface area contributed by atoms with Crippen LogP contribution in [0.2, 0.25) is 0 Å². The van der Waals surface area contributed by atoms with E-state index >= 15 is 0 Å². The molecule has 62 heavy (non-hydrogen) atoms. The quantitative estimate of drug-likeness (QED) is 0.174. The van der Waals surface area contributed by atoms with Gasteiger partial charge in [-0.15, -0.1) is 0 Å². The number of nitrogens with zero attached hydrogens (tertiary/aromatic N) is 3. The van der Waals surface area contributed by atoms with E-state index in [4.69, 9.17) is 15.5 Å². The fourth-order valence-electron chi connectivity index (χ4n) is 8.15. The van der Waals surface area contributed by atoms with Crippen molar-refractivity contribution in [1.82, 2.24) is 14.5 Å². The van der Waals surface area contributed by atoms with E-state index in [-0.39, 0.29) is 34.2 Å². The van der Waals surface area contributed by atoms with Gasteiger partial charge in [0.25, 0.3) is 0 Å². The molecule has 8 rings (SSSR count). The molecular weight excluding hydrogens is 755 g/mol. The Kier molecular flexibility index (Phi) is 9.06. The number of aromatic hydroxyl groups is 1. The van der Waals surface area contributed by atoms with Gasteiger partial charge in [0.05, 0.1) is 34.8 Å². The van der Waals surface area contributed by atoms with E-state index in [0.29, 0.717) is 39.2 Å². The summed E-state index contributed by atoms with van der Waals surface area (Å²) in [4.78, 5) is 10.5. The first-order valence-corrected chi connectivity index (χ1v) is 21.5. The van der Waals surface area contributed by atoms with Crippen LogP contribution in [-0.2, 0) is 16.2 Å². The lowest BCUT2D eigenvalue weighted by Gasteiger charge is -2.27. The summed E-state index contributed by atoms with van der Waals surface area (Å²) in [6.45, 7) is 24.8. The van der Waals surface area contributed by atoms with E-state index in [0.717, 1.165) is 50.2 Å². The van der Waals surface area contributed by atoms with Crippen LogP contribution in [0.1, 0.15) is 118 Å². The van der Waals surface area contributed by atoms with E-state index in [1.807, 2.05) is 47.2 Å². The highest BCUT2D eigenvalue weighted by Gasteiger charge is 2.29. The molecule has 0 fully saturated rings. The topological polar surface area (TPSA) is 50.9 Å². The van der Waals surface area contributed by atoms with Gasteiger partial charge in [0.15, 0.2) is 0 Å². The highest BCUT2D eigenvalue weighted by atomic mass is 16.3. The normalized spacial score (nSPS) is 13.9. The zero-order valence-corrected chi connectivity index (χ0v) is 38.2. The van der Waals surface area contributed by atoms with Crippen molar-refractivity contribution in [3.8, 4) is 67.5 Å². The molecule has 0 unspecified atom stereocenters. The van der Waals surface area contributed by atoms with E-state index in [2.05, 4.69) is 130 Å². The van der Waals surface area contributed by atoms with Crippen LogP contribution in [-0.4, -0.2) is 19.6 Å². The van der Waals surface area contributed by atoms with Crippen molar-refractivity contribution in [2.45, 2.75) is 105 Å². The molecule has 2 aromatic heterocycles. The molecule has 0 radical (unpaired) electrons. The van der Waals surface area contributed by atoms with Gasteiger partial charge in [0, 0.05) is 29.8 Å². The van der Waals surface area contributed by atoms with Gasteiger partial charge in [0.2, 0.25) is 0 Å². The van der Waals surface area contributed by atoms with E-state index < -0.39 is 29.4 Å². The number of para-hydroxylation sites is 1. The van der Waals surface area contributed by atoms with Gasteiger partial charge in [-0.1, -0.05) is 167 Å². The molecule has 0 amide bonds. The fraction of sp³-hybridized carbons (Fsp3) is 0.276. The molecule has 314 valence electrons. The number of aryl methyl sites for hydroxylation is 1. The summed E-state index contributed by atoms with van der Waals surface area (Å²) in [5.74, 6) is -0.611. The summed E-state index contributed by atoms with van der Waals surface area (Å²) < 4.78 is 55.4. The van der Waals surface area contributed by atoms with Crippen LogP contribution in [0.3, 0.4) is 0 Å². The minimum absolute atomic E-state index is 0.00649. The number of pyridine rings is 1. The molecule has 0 saturated carbocycles. The predicted octanol–water partition coefficient (Wildman–Crippen LogP) is 15.8. The largest absolute Gasteiger partial charge is 0.507 e. The molecule has 2 heterocycles. The molecule has 4 nitrogen and oxygen atoms in total. The highest BCUT2D eigenvalue weighted by Crippen LogP contribution is 2.46. The number of hydrogen-bond acceptors (Lipinski definition) is 3. The van der Waals surface area contributed by atoms with Crippen LogP contribution >= 0.6 is 0 Å². The second-order valence-corrected chi connectivity index (χ2v) is 19.9. The molecule has 4 heteroatoms. The molecule has 0 atom stereocenters. The number of aromatic nitrogens is 3.